The smallest absolute Gasteiger partial charge is 1.00 e. The van der Waals surface area contributed by atoms with Crippen molar-refractivity contribution in [3.63, 3.8) is 0 Å². The summed E-state index contributed by atoms with van der Waals surface area (Å²) >= 11 is 0. The van der Waals surface area contributed by atoms with Crippen molar-refractivity contribution in [1.29, 1.82) is 0 Å². The second-order valence-electron chi connectivity index (χ2n) is 13.2. The summed E-state index contributed by atoms with van der Waals surface area (Å²) in [5, 5.41) is 0. The predicted octanol–water partition coefficient (Wildman–Crippen LogP) is 2.21. The molecular formula is C41H46Br2N2O6Pd. The summed E-state index contributed by atoms with van der Waals surface area (Å²) in [7, 11) is 6.68. The Hall–Kier alpha value is -3.36. The van der Waals surface area contributed by atoms with E-state index in [0.717, 1.165) is 45.3 Å². The van der Waals surface area contributed by atoms with Crippen LogP contribution in [0.4, 0.5) is 0 Å². The van der Waals surface area contributed by atoms with Crippen LogP contribution in [0.1, 0.15) is 56.4 Å². The van der Waals surface area contributed by atoms with Gasteiger partial charge in [0.15, 0.2) is 23.0 Å². The molecule has 4 aromatic carbocycles. The van der Waals surface area contributed by atoms with E-state index in [9.17, 15) is 0 Å². The molecule has 0 radical (unpaired) electrons. The Balaban J connectivity index is 0.00000243. The van der Waals surface area contributed by atoms with Crippen molar-refractivity contribution < 1.29 is 82.8 Å². The third-order valence-corrected chi connectivity index (χ3v) is 9.60. The normalized spacial score (nSPS) is 18.0. The zero-order valence-corrected chi connectivity index (χ0v) is 35.4. The molecule has 11 heteroatoms. The molecule has 0 fully saturated rings. The molecule has 52 heavy (non-hydrogen) atoms. The summed E-state index contributed by atoms with van der Waals surface area (Å²) in [6.07, 6.45) is 0.300. The molecule has 2 aliphatic rings. The molecule has 0 aromatic heterocycles. The minimum Gasteiger partial charge on any atom is -1.00 e. The molecule has 0 spiro atoms. The average molecular weight is 929 g/mol. The summed E-state index contributed by atoms with van der Waals surface area (Å²) in [5.41, 5.74) is 2.16. The first kappa shape index (κ1) is 43.0. The number of methoxy groups -OCH3 is 4. The van der Waals surface area contributed by atoms with Gasteiger partial charge in [0.2, 0.25) is 0 Å². The van der Waals surface area contributed by atoms with Gasteiger partial charge in [0.1, 0.15) is 35.1 Å². The molecule has 8 nitrogen and oxygen atoms in total. The van der Waals surface area contributed by atoms with E-state index >= 15 is 0 Å². The fourth-order valence-electron chi connectivity index (χ4n) is 7.17. The van der Waals surface area contributed by atoms with Crippen LogP contribution in [-0.4, -0.2) is 52.3 Å². The van der Waals surface area contributed by atoms with Gasteiger partial charge in [-0.2, -0.15) is 0 Å². The zero-order valence-electron chi connectivity index (χ0n) is 30.7. The van der Waals surface area contributed by atoms with Crippen LogP contribution in [-0.2, 0) is 41.1 Å². The van der Waals surface area contributed by atoms with Crippen LogP contribution in [0.25, 0.3) is 0 Å². The summed E-state index contributed by atoms with van der Waals surface area (Å²) in [5.74, 6) is 4.54. The largest absolute Gasteiger partial charge is 2.00 e. The van der Waals surface area contributed by atoms with Crippen molar-refractivity contribution in [2.45, 2.75) is 57.4 Å². The van der Waals surface area contributed by atoms with E-state index in [1.54, 1.807) is 28.4 Å². The van der Waals surface area contributed by atoms with Gasteiger partial charge in [-0.1, -0.05) is 76.2 Å². The van der Waals surface area contributed by atoms with E-state index in [4.69, 9.17) is 38.4 Å². The van der Waals surface area contributed by atoms with Crippen molar-refractivity contribution >= 4 is 11.8 Å². The predicted molar refractivity (Wildman–Crippen MR) is 192 cm³/mol. The van der Waals surface area contributed by atoms with Gasteiger partial charge in [-0.3, -0.25) is 0 Å². The Bertz CT molecular complexity index is 1570. The Morgan fingerprint density at radius 1 is 0.481 bits per heavy atom. The van der Waals surface area contributed by atoms with Gasteiger partial charge in [0.25, 0.3) is 0 Å². The number of aliphatic imine (C=N–C) groups is 2. The van der Waals surface area contributed by atoms with Gasteiger partial charge in [-0.25, -0.2) is 9.98 Å². The SMILES string of the molecule is COc1ccc(C2(c3ccc(OC)cc3)OC(CC3=N[C@H](C(C)C)C(c4ccc(OC)cc4)(c4ccc(OC)cc4)O3)=N[C@@H]2C(C)C)cc1.[Br-].[Br-].[Pd+2]. The molecule has 0 aliphatic carbocycles. The topological polar surface area (TPSA) is 80.1 Å². The fraction of sp³-hybridized carbons (Fsp3) is 0.366. The van der Waals surface area contributed by atoms with E-state index in [0.29, 0.717) is 18.2 Å². The first-order valence-electron chi connectivity index (χ1n) is 16.8. The van der Waals surface area contributed by atoms with Crippen molar-refractivity contribution in [3.05, 3.63) is 119 Å². The first-order valence-corrected chi connectivity index (χ1v) is 16.8. The summed E-state index contributed by atoms with van der Waals surface area (Å²) in [6, 6.07) is 31.8. The molecule has 0 saturated carbocycles. The van der Waals surface area contributed by atoms with E-state index < -0.39 is 11.2 Å². The quantitative estimate of drug-likeness (QED) is 0.203. The Morgan fingerprint density at radius 3 is 0.904 bits per heavy atom. The molecule has 0 amide bonds. The number of nitrogens with zero attached hydrogens (tertiary/aromatic N) is 2. The zero-order chi connectivity index (χ0) is 34.8. The average Bonchev–Trinajstić information content (AvgIpc) is 3.72. The molecule has 2 heterocycles. The molecule has 6 rings (SSSR count). The maximum atomic E-state index is 7.11. The molecule has 2 aliphatic heterocycles. The second-order valence-corrected chi connectivity index (χ2v) is 13.2. The van der Waals surface area contributed by atoms with Crippen molar-refractivity contribution in [2.24, 2.45) is 21.8 Å². The first-order chi connectivity index (χ1) is 23.7. The third-order valence-electron chi connectivity index (χ3n) is 9.60. The van der Waals surface area contributed by atoms with E-state index in [1.807, 2.05) is 48.5 Å². The summed E-state index contributed by atoms with van der Waals surface area (Å²) in [4.78, 5) is 10.6. The van der Waals surface area contributed by atoms with E-state index in [-0.39, 0.29) is 78.3 Å². The van der Waals surface area contributed by atoms with Crippen LogP contribution < -0.4 is 52.9 Å². The number of hydrogen-bond donors (Lipinski definition) is 0. The van der Waals surface area contributed by atoms with Crippen LogP contribution in [0.5, 0.6) is 23.0 Å². The van der Waals surface area contributed by atoms with Crippen molar-refractivity contribution in [3.8, 4) is 23.0 Å². The minimum absolute atomic E-state index is 0. The Labute approximate surface area is 342 Å². The van der Waals surface area contributed by atoms with Crippen molar-refractivity contribution in [2.75, 3.05) is 28.4 Å². The molecule has 0 N–H and O–H groups in total. The molecular weight excluding hydrogens is 883 g/mol. The number of halogens is 2. The van der Waals surface area contributed by atoms with Crippen LogP contribution >= 0.6 is 0 Å². The number of ether oxygens (including phenoxy) is 6. The summed E-state index contributed by atoms with van der Waals surface area (Å²) in [6.45, 7) is 8.72. The van der Waals surface area contributed by atoms with Gasteiger partial charge in [-0.05, 0) is 60.4 Å². The number of hydrogen-bond acceptors (Lipinski definition) is 8. The summed E-state index contributed by atoms with van der Waals surface area (Å²) < 4.78 is 36.2. The van der Waals surface area contributed by atoms with E-state index in [1.165, 1.54) is 0 Å². The molecule has 4 aromatic rings. The maximum Gasteiger partial charge on any atom is 2.00 e. The van der Waals surface area contributed by atoms with Gasteiger partial charge in [-0.15, -0.1) is 0 Å². The molecule has 2 atom stereocenters. The van der Waals surface area contributed by atoms with Gasteiger partial charge < -0.3 is 62.4 Å². The molecule has 0 bridgehead atoms. The van der Waals surface area contributed by atoms with Crippen molar-refractivity contribution in [1.82, 2.24) is 0 Å². The Kier molecular flexibility index (Phi) is 15.0. The standard InChI is InChI=1S/C41H46N2O6.2BrH.Pd/c1-26(2)38-40(28-9-17-32(44-5)18-10-28,29-11-19-33(45-6)20-12-29)48-36(42-38)25-37-43-39(27(3)4)41(49-37,30-13-21-34(46-7)22-14-30)31-15-23-35(47-8)24-16-31;;;/h9-24,26-27,38-39H,25H2,1-8H3;2*1H;/q;;;+2/p-2/t38-,39-;;;/m1.../s1. The van der Waals surface area contributed by atoms with Gasteiger partial charge >= 0.3 is 20.4 Å². The second kappa shape index (κ2) is 18.1. The van der Waals surface area contributed by atoms with Crippen LogP contribution in [0.15, 0.2) is 107 Å². The number of benzene rings is 4. The van der Waals surface area contributed by atoms with Crippen LogP contribution in [0, 0.1) is 11.8 Å². The van der Waals surface area contributed by atoms with E-state index in [2.05, 4.69) is 76.2 Å². The van der Waals surface area contributed by atoms with Gasteiger partial charge in [0.05, 0.1) is 34.9 Å². The third kappa shape index (κ3) is 7.94. The maximum absolute atomic E-state index is 7.11. The van der Waals surface area contributed by atoms with Crippen LogP contribution in [0.3, 0.4) is 0 Å². The molecule has 0 saturated heterocycles. The Morgan fingerprint density at radius 2 is 0.712 bits per heavy atom. The van der Waals surface area contributed by atoms with Gasteiger partial charge in [0, 0.05) is 22.3 Å². The van der Waals surface area contributed by atoms with Crippen LogP contribution in [0.2, 0.25) is 0 Å². The molecule has 0 unspecified atom stereocenters. The monoisotopic (exact) mass is 926 g/mol. The minimum atomic E-state index is -0.887. The fourth-order valence-corrected chi connectivity index (χ4v) is 7.17. The number of rotatable bonds is 12. The molecule has 280 valence electrons.